The van der Waals surface area contributed by atoms with Crippen LogP contribution in [0.3, 0.4) is 0 Å². The van der Waals surface area contributed by atoms with Gasteiger partial charge in [0.1, 0.15) is 22.9 Å². The number of nitrogens with one attached hydrogen (secondary N) is 2. The summed E-state index contributed by atoms with van der Waals surface area (Å²) < 4.78 is 62.9. The van der Waals surface area contributed by atoms with Crippen molar-refractivity contribution in [3.63, 3.8) is 0 Å². The van der Waals surface area contributed by atoms with Crippen LogP contribution in [0.15, 0.2) is 18.3 Å². The van der Waals surface area contributed by atoms with E-state index in [0.717, 1.165) is 19.3 Å². The highest BCUT2D eigenvalue weighted by atomic mass is 19.4. The van der Waals surface area contributed by atoms with Gasteiger partial charge in [-0.2, -0.15) is 18.2 Å². The minimum Gasteiger partial charge on any atom is -0.496 e. The first-order valence-corrected chi connectivity index (χ1v) is 9.83. The molecule has 8 nitrogen and oxygen atoms in total. The van der Waals surface area contributed by atoms with Gasteiger partial charge in [0.2, 0.25) is 19.2 Å². The molecule has 0 saturated carbocycles. The number of alkyl halides is 4. The summed E-state index contributed by atoms with van der Waals surface area (Å²) in [6, 6.07) is 2.79. The Morgan fingerprint density at radius 1 is 1.28 bits per heavy atom. The van der Waals surface area contributed by atoms with Gasteiger partial charge in [-0.15, -0.1) is 0 Å². The number of halogens is 4. The molecule has 1 aliphatic heterocycles. The third-order valence-corrected chi connectivity index (χ3v) is 5.16. The van der Waals surface area contributed by atoms with E-state index in [1.54, 1.807) is 11.0 Å². The van der Waals surface area contributed by atoms with Crippen molar-refractivity contribution in [2.45, 2.75) is 31.5 Å². The standard InChI is InChI=1S/C20H23F4N5O3/c1-25-18-13(20(22,23)24)9-26-19(28-18)27-14-8-16(31-2)12(7-17(14)32-10-21)15-5-3-4-6-29(15)11-30/h7-9,11,15H,3-6,10H2,1-2H3,(H2,25,26,27,28). The van der Waals surface area contributed by atoms with E-state index in [9.17, 15) is 22.4 Å². The number of rotatable bonds is 8. The number of piperidine rings is 1. The predicted molar refractivity (Wildman–Crippen MR) is 109 cm³/mol. The van der Waals surface area contributed by atoms with Crippen LogP contribution in [0.25, 0.3) is 0 Å². The normalized spacial score (nSPS) is 16.4. The maximum absolute atomic E-state index is 13.1. The molecule has 0 bridgehead atoms. The van der Waals surface area contributed by atoms with E-state index >= 15 is 0 Å². The fraction of sp³-hybridized carbons (Fsp3) is 0.450. The van der Waals surface area contributed by atoms with Gasteiger partial charge in [0.15, 0.2) is 0 Å². The molecule has 1 amide bonds. The van der Waals surface area contributed by atoms with Crippen molar-refractivity contribution in [1.82, 2.24) is 14.9 Å². The first-order valence-electron chi connectivity index (χ1n) is 9.83. The number of nitrogens with zero attached hydrogens (tertiary/aromatic N) is 3. The Morgan fingerprint density at radius 2 is 2.06 bits per heavy atom. The van der Waals surface area contributed by atoms with Crippen LogP contribution in [0.2, 0.25) is 0 Å². The third kappa shape index (κ3) is 4.94. The van der Waals surface area contributed by atoms with Crippen molar-refractivity contribution < 1.29 is 31.8 Å². The molecule has 1 fully saturated rings. The zero-order chi connectivity index (χ0) is 23.3. The van der Waals surface area contributed by atoms with Gasteiger partial charge in [0.05, 0.1) is 18.8 Å². The van der Waals surface area contributed by atoms with Gasteiger partial charge in [-0.25, -0.2) is 9.37 Å². The first-order chi connectivity index (χ1) is 15.3. The van der Waals surface area contributed by atoms with Crippen molar-refractivity contribution in [3.8, 4) is 11.5 Å². The SMILES string of the molecule is CNc1nc(Nc2cc(OC)c(C3CCCCN3C=O)cc2OCF)ncc1C(F)(F)F. The van der Waals surface area contributed by atoms with Crippen LogP contribution in [-0.2, 0) is 11.0 Å². The number of methoxy groups -OCH3 is 1. The summed E-state index contributed by atoms with van der Waals surface area (Å²) in [4.78, 5) is 20.7. The second-order valence-corrected chi connectivity index (χ2v) is 7.03. The molecule has 3 rings (SSSR count). The number of carbonyl (C=O) groups is 1. The van der Waals surface area contributed by atoms with Gasteiger partial charge in [-0.1, -0.05) is 0 Å². The van der Waals surface area contributed by atoms with Crippen LogP contribution in [0.5, 0.6) is 11.5 Å². The molecule has 2 N–H and O–H groups in total. The second kappa shape index (κ2) is 9.88. The largest absolute Gasteiger partial charge is 0.496 e. The minimum atomic E-state index is -4.63. The highest BCUT2D eigenvalue weighted by molar-refractivity contribution is 5.68. The molecular formula is C20H23F4N5O3. The topological polar surface area (TPSA) is 88.6 Å². The summed E-state index contributed by atoms with van der Waals surface area (Å²) in [7, 11) is 2.75. The third-order valence-electron chi connectivity index (χ3n) is 5.16. The lowest BCUT2D eigenvalue weighted by Crippen LogP contribution is -2.32. The van der Waals surface area contributed by atoms with E-state index < -0.39 is 24.4 Å². The van der Waals surface area contributed by atoms with E-state index in [4.69, 9.17) is 9.47 Å². The summed E-state index contributed by atoms with van der Waals surface area (Å²) >= 11 is 0. The number of benzene rings is 1. The quantitative estimate of drug-likeness (QED) is 0.452. The zero-order valence-corrected chi connectivity index (χ0v) is 17.5. The fourth-order valence-electron chi connectivity index (χ4n) is 3.66. The van der Waals surface area contributed by atoms with E-state index in [-0.39, 0.29) is 23.4 Å². The van der Waals surface area contributed by atoms with Crippen molar-refractivity contribution in [1.29, 1.82) is 0 Å². The number of likely N-dealkylation sites (tertiary alicyclic amines) is 1. The average Bonchev–Trinajstić information content (AvgIpc) is 2.79. The van der Waals surface area contributed by atoms with E-state index in [0.29, 0.717) is 30.5 Å². The molecule has 1 aliphatic rings. The first kappa shape index (κ1) is 23.4. The molecule has 2 heterocycles. The fourth-order valence-corrected chi connectivity index (χ4v) is 3.66. The van der Waals surface area contributed by atoms with Gasteiger partial charge in [-0.05, 0) is 25.3 Å². The monoisotopic (exact) mass is 457 g/mol. The van der Waals surface area contributed by atoms with Gasteiger partial charge < -0.3 is 25.0 Å². The van der Waals surface area contributed by atoms with Crippen molar-refractivity contribution >= 4 is 23.9 Å². The molecule has 2 aromatic rings. The number of ether oxygens (including phenoxy) is 2. The van der Waals surface area contributed by atoms with E-state index in [1.165, 1.54) is 20.2 Å². The van der Waals surface area contributed by atoms with Crippen molar-refractivity contribution in [2.75, 3.05) is 38.2 Å². The molecule has 32 heavy (non-hydrogen) atoms. The Bertz CT molecular complexity index is 958. The second-order valence-electron chi connectivity index (χ2n) is 7.03. The number of aromatic nitrogens is 2. The number of hydrogen-bond donors (Lipinski definition) is 2. The summed E-state index contributed by atoms with van der Waals surface area (Å²) in [6.07, 6.45) is -0.736. The van der Waals surface area contributed by atoms with Crippen LogP contribution in [0.4, 0.5) is 35.0 Å². The summed E-state index contributed by atoms with van der Waals surface area (Å²) in [6.45, 7) is -0.555. The highest BCUT2D eigenvalue weighted by Gasteiger charge is 2.35. The summed E-state index contributed by atoms with van der Waals surface area (Å²) in [5.74, 6) is -0.101. The number of carbonyl (C=O) groups excluding carboxylic acids is 1. The van der Waals surface area contributed by atoms with Crippen LogP contribution in [0.1, 0.15) is 36.4 Å². The van der Waals surface area contributed by atoms with Gasteiger partial charge >= 0.3 is 6.18 Å². The van der Waals surface area contributed by atoms with Gasteiger partial charge in [0.25, 0.3) is 0 Å². The minimum absolute atomic E-state index is 0.0780. The van der Waals surface area contributed by atoms with Crippen LogP contribution >= 0.6 is 0 Å². The molecule has 174 valence electrons. The lowest BCUT2D eigenvalue weighted by molar-refractivity contribution is -0.137. The molecular weight excluding hydrogens is 434 g/mol. The van der Waals surface area contributed by atoms with Crippen molar-refractivity contribution in [2.24, 2.45) is 0 Å². The number of amides is 1. The van der Waals surface area contributed by atoms with Crippen LogP contribution in [-0.4, -0.2) is 48.8 Å². The molecule has 0 radical (unpaired) electrons. The van der Waals surface area contributed by atoms with Crippen LogP contribution < -0.4 is 20.1 Å². The Labute approximate surface area is 181 Å². The van der Waals surface area contributed by atoms with E-state index in [1.807, 2.05) is 0 Å². The zero-order valence-electron chi connectivity index (χ0n) is 17.5. The maximum Gasteiger partial charge on any atom is 0.421 e. The Hall–Kier alpha value is -3.31. The number of anilines is 3. The molecule has 1 aromatic heterocycles. The molecule has 0 spiro atoms. The lowest BCUT2D eigenvalue weighted by atomic mass is 9.94. The van der Waals surface area contributed by atoms with Crippen LogP contribution in [0, 0.1) is 0 Å². The molecule has 0 aliphatic carbocycles. The average molecular weight is 457 g/mol. The number of hydrogen-bond acceptors (Lipinski definition) is 7. The molecule has 1 aromatic carbocycles. The lowest BCUT2D eigenvalue weighted by Gasteiger charge is -2.34. The molecule has 1 saturated heterocycles. The Kier molecular flexibility index (Phi) is 7.21. The highest BCUT2D eigenvalue weighted by Crippen LogP contribution is 2.42. The van der Waals surface area contributed by atoms with E-state index in [2.05, 4.69) is 20.6 Å². The molecule has 1 atom stereocenters. The Balaban J connectivity index is 2.00. The molecule has 12 heteroatoms. The van der Waals surface area contributed by atoms with Crippen molar-refractivity contribution in [3.05, 3.63) is 29.5 Å². The predicted octanol–water partition coefficient (Wildman–Crippen LogP) is 4.28. The smallest absolute Gasteiger partial charge is 0.421 e. The summed E-state index contributed by atoms with van der Waals surface area (Å²) in [5, 5.41) is 5.14. The molecule has 1 unspecified atom stereocenters. The van der Waals surface area contributed by atoms with Gasteiger partial charge in [0, 0.05) is 31.4 Å². The Morgan fingerprint density at radius 3 is 2.69 bits per heavy atom. The van der Waals surface area contributed by atoms with Gasteiger partial charge in [-0.3, -0.25) is 4.79 Å². The maximum atomic E-state index is 13.1. The summed E-state index contributed by atoms with van der Waals surface area (Å²) in [5.41, 5.74) is -0.193.